The maximum absolute atomic E-state index is 5.40. The van der Waals surface area contributed by atoms with Crippen LogP contribution in [0.15, 0.2) is 42.6 Å². The second-order valence-electron chi connectivity index (χ2n) is 6.20. The molecule has 1 aliphatic heterocycles. The summed E-state index contributed by atoms with van der Waals surface area (Å²) in [5.41, 5.74) is 3.93. The molecule has 3 heterocycles. The molecule has 24 heavy (non-hydrogen) atoms. The molecule has 5 heteroatoms. The number of methoxy groups -OCH3 is 1. The van der Waals surface area contributed by atoms with E-state index in [2.05, 4.69) is 52.4 Å². The number of nitrogens with one attached hydrogen (secondary N) is 1. The monoisotopic (exact) mass is 339 g/mol. The van der Waals surface area contributed by atoms with E-state index in [4.69, 9.17) is 4.74 Å². The zero-order valence-corrected chi connectivity index (χ0v) is 14.8. The van der Waals surface area contributed by atoms with Crippen LogP contribution in [0.1, 0.15) is 29.0 Å². The molecule has 1 unspecified atom stereocenters. The van der Waals surface area contributed by atoms with Gasteiger partial charge in [0.1, 0.15) is 5.75 Å². The fourth-order valence-electron chi connectivity index (χ4n) is 3.39. The Balaban J connectivity index is 1.53. The number of benzene rings is 1. The van der Waals surface area contributed by atoms with Crippen LogP contribution in [-0.4, -0.2) is 28.8 Å². The van der Waals surface area contributed by atoms with Gasteiger partial charge >= 0.3 is 0 Å². The summed E-state index contributed by atoms with van der Waals surface area (Å²) in [6, 6.07) is 13.3. The standard InChI is InChI=1S/C19H21N3OS/c1-13-17-11-15(23-2)4-3-14(17)8-10-22(13)12-16-5-6-19(24-16)18-7-9-20-21-18/h3-7,9,11,13H,8,10,12H2,1-2H3,(H,20,21). The molecule has 0 bridgehead atoms. The largest absolute Gasteiger partial charge is 0.497 e. The van der Waals surface area contributed by atoms with E-state index in [1.807, 2.05) is 17.4 Å². The third kappa shape index (κ3) is 2.85. The van der Waals surface area contributed by atoms with Gasteiger partial charge in [0.15, 0.2) is 0 Å². The Bertz CT molecular complexity index is 825. The van der Waals surface area contributed by atoms with Crippen molar-refractivity contribution in [2.45, 2.75) is 25.9 Å². The van der Waals surface area contributed by atoms with Crippen molar-refractivity contribution in [2.75, 3.05) is 13.7 Å². The van der Waals surface area contributed by atoms with Crippen molar-refractivity contribution in [1.82, 2.24) is 15.1 Å². The summed E-state index contributed by atoms with van der Waals surface area (Å²) >= 11 is 1.84. The zero-order chi connectivity index (χ0) is 16.5. The predicted molar refractivity (Wildman–Crippen MR) is 97.4 cm³/mol. The van der Waals surface area contributed by atoms with Crippen LogP contribution in [0.5, 0.6) is 5.75 Å². The summed E-state index contributed by atoms with van der Waals surface area (Å²) in [4.78, 5) is 5.18. The lowest BCUT2D eigenvalue weighted by atomic mass is 9.93. The summed E-state index contributed by atoms with van der Waals surface area (Å²) in [6.45, 7) is 4.37. The van der Waals surface area contributed by atoms with Gasteiger partial charge in [-0.1, -0.05) is 6.07 Å². The van der Waals surface area contributed by atoms with Crippen molar-refractivity contribution in [3.8, 4) is 16.3 Å². The smallest absolute Gasteiger partial charge is 0.119 e. The van der Waals surface area contributed by atoms with Gasteiger partial charge in [0.2, 0.25) is 0 Å². The first-order valence-corrected chi connectivity index (χ1v) is 9.05. The second kappa shape index (κ2) is 6.42. The molecule has 1 N–H and O–H groups in total. The van der Waals surface area contributed by atoms with Gasteiger partial charge in [-0.2, -0.15) is 5.10 Å². The molecule has 2 aromatic heterocycles. The third-order valence-corrected chi connectivity index (χ3v) is 5.91. The number of ether oxygens (including phenoxy) is 1. The van der Waals surface area contributed by atoms with Crippen molar-refractivity contribution in [3.05, 3.63) is 58.6 Å². The van der Waals surface area contributed by atoms with Crippen molar-refractivity contribution in [3.63, 3.8) is 0 Å². The van der Waals surface area contributed by atoms with Crippen LogP contribution >= 0.6 is 11.3 Å². The van der Waals surface area contributed by atoms with E-state index in [-0.39, 0.29) is 0 Å². The molecule has 0 amide bonds. The number of rotatable bonds is 4. The van der Waals surface area contributed by atoms with Crippen LogP contribution in [0.3, 0.4) is 0 Å². The molecule has 0 saturated carbocycles. The van der Waals surface area contributed by atoms with E-state index in [1.54, 1.807) is 13.3 Å². The molecular weight excluding hydrogens is 318 g/mol. The molecule has 0 aliphatic carbocycles. The summed E-state index contributed by atoms with van der Waals surface area (Å²) in [5.74, 6) is 0.945. The van der Waals surface area contributed by atoms with E-state index >= 15 is 0 Å². The maximum Gasteiger partial charge on any atom is 0.119 e. The minimum absolute atomic E-state index is 0.404. The Labute approximate surface area is 146 Å². The predicted octanol–water partition coefficient (Wildman–Crippen LogP) is 4.27. The van der Waals surface area contributed by atoms with Crippen molar-refractivity contribution in [2.24, 2.45) is 0 Å². The molecular formula is C19H21N3OS. The highest BCUT2D eigenvalue weighted by Crippen LogP contribution is 2.34. The number of hydrogen-bond acceptors (Lipinski definition) is 4. The van der Waals surface area contributed by atoms with E-state index in [1.165, 1.54) is 20.9 Å². The average Bonchev–Trinajstić information content (AvgIpc) is 3.28. The Kier molecular flexibility index (Phi) is 4.12. The van der Waals surface area contributed by atoms with Gasteiger partial charge in [-0.05, 0) is 54.8 Å². The van der Waals surface area contributed by atoms with Crippen LogP contribution in [0.25, 0.3) is 10.6 Å². The van der Waals surface area contributed by atoms with Gasteiger partial charge in [-0.3, -0.25) is 10.00 Å². The van der Waals surface area contributed by atoms with Crippen molar-refractivity contribution < 1.29 is 4.74 Å². The lowest BCUT2D eigenvalue weighted by Crippen LogP contribution is -2.33. The second-order valence-corrected chi connectivity index (χ2v) is 7.37. The molecule has 124 valence electrons. The first-order valence-electron chi connectivity index (χ1n) is 8.24. The molecule has 4 nitrogen and oxygen atoms in total. The van der Waals surface area contributed by atoms with Crippen LogP contribution in [0.2, 0.25) is 0 Å². The highest BCUT2D eigenvalue weighted by Gasteiger charge is 2.24. The maximum atomic E-state index is 5.40. The average molecular weight is 339 g/mol. The number of aromatic nitrogens is 2. The van der Waals surface area contributed by atoms with E-state index in [9.17, 15) is 0 Å². The summed E-state index contributed by atoms with van der Waals surface area (Å²) in [7, 11) is 1.73. The normalized spacial score (nSPS) is 17.7. The van der Waals surface area contributed by atoms with E-state index < -0.39 is 0 Å². The van der Waals surface area contributed by atoms with Crippen LogP contribution in [0, 0.1) is 0 Å². The summed E-state index contributed by atoms with van der Waals surface area (Å²) in [6.07, 6.45) is 2.90. The number of hydrogen-bond donors (Lipinski definition) is 1. The first-order chi connectivity index (χ1) is 11.7. The number of fused-ring (bicyclic) bond motifs is 1. The summed E-state index contributed by atoms with van der Waals surface area (Å²) in [5, 5.41) is 7.07. The molecule has 3 aromatic rings. The Morgan fingerprint density at radius 2 is 2.21 bits per heavy atom. The zero-order valence-electron chi connectivity index (χ0n) is 14.0. The molecule has 0 spiro atoms. The van der Waals surface area contributed by atoms with Crippen LogP contribution < -0.4 is 4.74 Å². The topological polar surface area (TPSA) is 41.1 Å². The van der Waals surface area contributed by atoms with Gasteiger partial charge < -0.3 is 4.74 Å². The van der Waals surface area contributed by atoms with Gasteiger partial charge in [0.05, 0.1) is 17.7 Å². The highest BCUT2D eigenvalue weighted by atomic mass is 32.1. The molecule has 1 aliphatic rings. The minimum atomic E-state index is 0.404. The molecule has 0 fully saturated rings. The third-order valence-electron chi connectivity index (χ3n) is 4.81. The fourth-order valence-corrected chi connectivity index (χ4v) is 4.40. The first kappa shape index (κ1) is 15.4. The van der Waals surface area contributed by atoms with Crippen LogP contribution in [-0.2, 0) is 13.0 Å². The molecule has 1 aromatic carbocycles. The summed E-state index contributed by atoms with van der Waals surface area (Å²) < 4.78 is 5.40. The molecule has 0 saturated heterocycles. The van der Waals surface area contributed by atoms with Gasteiger partial charge in [-0.15, -0.1) is 11.3 Å². The van der Waals surface area contributed by atoms with Crippen LogP contribution in [0.4, 0.5) is 0 Å². The van der Waals surface area contributed by atoms with E-state index in [0.29, 0.717) is 6.04 Å². The highest BCUT2D eigenvalue weighted by molar-refractivity contribution is 7.15. The molecule has 4 rings (SSSR count). The van der Waals surface area contributed by atoms with Gasteiger partial charge in [0, 0.05) is 30.2 Å². The number of H-pyrrole nitrogens is 1. The number of nitrogens with zero attached hydrogens (tertiary/aromatic N) is 2. The number of thiophene rings is 1. The Morgan fingerprint density at radius 1 is 1.29 bits per heavy atom. The lowest BCUT2D eigenvalue weighted by molar-refractivity contribution is 0.191. The van der Waals surface area contributed by atoms with Gasteiger partial charge in [0.25, 0.3) is 0 Å². The number of aromatic amines is 1. The van der Waals surface area contributed by atoms with Crippen molar-refractivity contribution in [1.29, 1.82) is 0 Å². The Morgan fingerprint density at radius 3 is 3.00 bits per heavy atom. The Hall–Kier alpha value is -2.11. The van der Waals surface area contributed by atoms with Crippen molar-refractivity contribution >= 4 is 11.3 Å². The minimum Gasteiger partial charge on any atom is -0.497 e. The SMILES string of the molecule is COc1ccc2c(c1)C(C)N(Cc1ccc(-c3ccn[nH]3)s1)CC2. The molecule has 0 radical (unpaired) electrons. The lowest BCUT2D eigenvalue weighted by Gasteiger charge is -2.35. The fraction of sp³-hybridized carbons (Fsp3) is 0.316. The van der Waals surface area contributed by atoms with Gasteiger partial charge in [-0.25, -0.2) is 0 Å². The quantitative estimate of drug-likeness (QED) is 0.772. The van der Waals surface area contributed by atoms with E-state index in [0.717, 1.165) is 31.0 Å². The molecule has 1 atom stereocenters.